The van der Waals surface area contributed by atoms with Crippen LogP contribution in [0.5, 0.6) is 0 Å². The summed E-state index contributed by atoms with van der Waals surface area (Å²) in [4.78, 5) is 38.9. The van der Waals surface area contributed by atoms with E-state index in [4.69, 9.17) is 0 Å². The van der Waals surface area contributed by atoms with Gasteiger partial charge in [-0.25, -0.2) is 4.90 Å². The number of carbonyl (C=O) groups is 3. The van der Waals surface area contributed by atoms with Crippen LogP contribution in [0.1, 0.15) is 34.0 Å². The number of rotatable bonds is 3. The third-order valence-corrected chi connectivity index (χ3v) is 4.92. The van der Waals surface area contributed by atoms with E-state index in [-0.39, 0.29) is 17.7 Å². The molecule has 1 heterocycles. The summed E-state index contributed by atoms with van der Waals surface area (Å²) in [6.45, 7) is 3.40. The molecule has 0 radical (unpaired) electrons. The van der Waals surface area contributed by atoms with Gasteiger partial charge in [-0.1, -0.05) is 48.0 Å². The third-order valence-electron chi connectivity index (χ3n) is 4.92. The molecule has 0 atom stereocenters. The van der Waals surface area contributed by atoms with Crippen LogP contribution in [-0.4, -0.2) is 17.7 Å². The van der Waals surface area contributed by atoms with Gasteiger partial charge in [0, 0.05) is 23.7 Å². The third kappa shape index (κ3) is 3.65. The highest BCUT2D eigenvalue weighted by Crippen LogP contribution is 2.33. The van der Waals surface area contributed by atoms with E-state index in [0.717, 1.165) is 11.1 Å². The van der Waals surface area contributed by atoms with Crippen LogP contribution in [0.3, 0.4) is 0 Å². The second-order valence-electron chi connectivity index (χ2n) is 7.19. The van der Waals surface area contributed by atoms with Crippen molar-refractivity contribution >= 4 is 40.7 Å². The molecule has 3 amide bonds. The number of imide groups is 1. The lowest BCUT2D eigenvalue weighted by atomic mass is 9.91. The lowest BCUT2D eigenvalue weighted by molar-refractivity contribution is -0.114. The SMILES string of the molecule is CC(=O)Nc1ccc(C=C2C(=O)N(c3ccc(C)cc3)C(=O)c3ccccc32)cc1. The Bertz CT molecular complexity index is 1180. The van der Waals surface area contributed by atoms with Crippen LogP contribution in [0, 0.1) is 6.92 Å². The smallest absolute Gasteiger partial charge is 0.265 e. The van der Waals surface area contributed by atoms with Crippen LogP contribution in [-0.2, 0) is 9.59 Å². The van der Waals surface area contributed by atoms with Gasteiger partial charge in [0.15, 0.2) is 0 Å². The molecular formula is C25H20N2O3. The number of hydrogen-bond donors (Lipinski definition) is 1. The molecule has 1 aliphatic heterocycles. The van der Waals surface area contributed by atoms with Crippen molar-refractivity contribution in [1.29, 1.82) is 0 Å². The molecule has 0 spiro atoms. The van der Waals surface area contributed by atoms with Crippen LogP contribution in [0.25, 0.3) is 11.6 Å². The van der Waals surface area contributed by atoms with E-state index in [0.29, 0.717) is 28.1 Å². The van der Waals surface area contributed by atoms with E-state index in [2.05, 4.69) is 5.32 Å². The molecule has 4 rings (SSSR count). The minimum absolute atomic E-state index is 0.148. The molecule has 1 aliphatic rings. The predicted molar refractivity (Wildman–Crippen MR) is 118 cm³/mol. The molecule has 5 heteroatoms. The summed E-state index contributed by atoms with van der Waals surface area (Å²) < 4.78 is 0. The fourth-order valence-electron chi connectivity index (χ4n) is 3.45. The summed E-state index contributed by atoms with van der Waals surface area (Å²) >= 11 is 0. The number of anilines is 2. The van der Waals surface area contributed by atoms with Gasteiger partial charge >= 0.3 is 0 Å². The van der Waals surface area contributed by atoms with Gasteiger partial charge in [-0.3, -0.25) is 14.4 Å². The van der Waals surface area contributed by atoms with Crippen LogP contribution < -0.4 is 10.2 Å². The number of fused-ring (bicyclic) bond motifs is 1. The average Bonchev–Trinajstić information content (AvgIpc) is 2.73. The van der Waals surface area contributed by atoms with Gasteiger partial charge in [0.2, 0.25) is 5.91 Å². The van der Waals surface area contributed by atoms with Crippen LogP contribution in [0.15, 0.2) is 72.8 Å². The number of nitrogens with one attached hydrogen (secondary N) is 1. The molecule has 30 heavy (non-hydrogen) atoms. The van der Waals surface area contributed by atoms with Crippen molar-refractivity contribution < 1.29 is 14.4 Å². The van der Waals surface area contributed by atoms with Crippen molar-refractivity contribution in [2.75, 3.05) is 10.2 Å². The molecule has 148 valence electrons. The first-order chi connectivity index (χ1) is 14.4. The zero-order valence-electron chi connectivity index (χ0n) is 16.7. The maximum absolute atomic E-state index is 13.4. The van der Waals surface area contributed by atoms with E-state index in [9.17, 15) is 14.4 Å². The minimum atomic E-state index is -0.367. The van der Waals surface area contributed by atoms with E-state index < -0.39 is 0 Å². The highest BCUT2D eigenvalue weighted by molar-refractivity contribution is 6.43. The standard InChI is InChI=1S/C25H20N2O3/c1-16-7-13-20(14-8-16)27-24(29)22-6-4-3-5-21(22)23(25(27)30)15-18-9-11-19(12-10-18)26-17(2)28/h3-15H,1-2H3,(H,26,28). The summed E-state index contributed by atoms with van der Waals surface area (Å²) in [5, 5.41) is 2.72. The van der Waals surface area contributed by atoms with Gasteiger partial charge in [-0.05, 0) is 54.5 Å². The Morgan fingerprint density at radius 2 is 1.47 bits per heavy atom. The normalized spacial score (nSPS) is 14.6. The van der Waals surface area contributed by atoms with Gasteiger partial charge in [-0.15, -0.1) is 0 Å². The monoisotopic (exact) mass is 396 g/mol. The van der Waals surface area contributed by atoms with Gasteiger partial charge in [-0.2, -0.15) is 0 Å². The van der Waals surface area contributed by atoms with Crippen molar-refractivity contribution in [3.8, 4) is 0 Å². The summed E-state index contributed by atoms with van der Waals surface area (Å²) in [5.74, 6) is -0.851. The maximum atomic E-state index is 13.4. The Balaban J connectivity index is 1.79. The fraction of sp³-hybridized carbons (Fsp3) is 0.0800. The molecule has 5 nitrogen and oxygen atoms in total. The molecule has 0 unspecified atom stereocenters. The highest BCUT2D eigenvalue weighted by atomic mass is 16.2. The Morgan fingerprint density at radius 1 is 0.833 bits per heavy atom. The second kappa shape index (κ2) is 7.79. The highest BCUT2D eigenvalue weighted by Gasteiger charge is 2.35. The van der Waals surface area contributed by atoms with Gasteiger partial charge in [0.1, 0.15) is 0 Å². The Labute approximate surface area is 174 Å². The summed E-state index contributed by atoms with van der Waals surface area (Å²) in [6, 6.07) is 21.6. The van der Waals surface area contributed by atoms with Crippen LogP contribution in [0.4, 0.5) is 11.4 Å². The quantitative estimate of drug-likeness (QED) is 0.516. The number of carbonyl (C=O) groups excluding carboxylic acids is 3. The number of nitrogens with zero attached hydrogens (tertiary/aromatic N) is 1. The van der Waals surface area contributed by atoms with Gasteiger partial charge < -0.3 is 5.32 Å². The minimum Gasteiger partial charge on any atom is -0.326 e. The first-order valence-electron chi connectivity index (χ1n) is 9.58. The largest absolute Gasteiger partial charge is 0.326 e. The van der Waals surface area contributed by atoms with Crippen molar-refractivity contribution in [3.05, 3.63) is 95.1 Å². The molecule has 0 saturated heterocycles. The number of aryl methyl sites for hydroxylation is 1. The molecular weight excluding hydrogens is 376 g/mol. The summed E-state index contributed by atoms with van der Waals surface area (Å²) in [5.41, 5.74) is 4.60. The first kappa shape index (κ1) is 19.3. The molecule has 0 bridgehead atoms. The van der Waals surface area contributed by atoms with Crippen molar-refractivity contribution in [2.24, 2.45) is 0 Å². The second-order valence-corrected chi connectivity index (χ2v) is 7.19. The van der Waals surface area contributed by atoms with E-state index >= 15 is 0 Å². The predicted octanol–water partition coefficient (Wildman–Crippen LogP) is 4.68. The van der Waals surface area contributed by atoms with Crippen molar-refractivity contribution in [3.63, 3.8) is 0 Å². The van der Waals surface area contributed by atoms with Crippen molar-refractivity contribution in [2.45, 2.75) is 13.8 Å². The summed E-state index contributed by atoms with van der Waals surface area (Å²) in [7, 11) is 0. The first-order valence-corrected chi connectivity index (χ1v) is 9.58. The summed E-state index contributed by atoms with van der Waals surface area (Å²) in [6.07, 6.45) is 1.77. The molecule has 1 N–H and O–H groups in total. The maximum Gasteiger partial charge on any atom is 0.265 e. The average molecular weight is 396 g/mol. The molecule has 3 aromatic rings. The van der Waals surface area contributed by atoms with E-state index in [1.165, 1.54) is 11.8 Å². The van der Waals surface area contributed by atoms with E-state index in [1.54, 1.807) is 48.5 Å². The molecule has 0 fully saturated rings. The molecule has 3 aromatic carbocycles. The van der Waals surface area contributed by atoms with Crippen molar-refractivity contribution in [1.82, 2.24) is 0 Å². The Morgan fingerprint density at radius 3 is 2.10 bits per heavy atom. The molecule has 0 saturated carbocycles. The molecule has 0 aliphatic carbocycles. The van der Waals surface area contributed by atoms with Gasteiger partial charge in [0.25, 0.3) is 11.8 Å². The topological polar surface area (TPSA) is 66.5 Å². The Kier molecular flexibility index (Phi) is 5.02. The van der Waals surface area contributed by atoms with Gasteiger partial charge in [0.05, 0.1) is 5.69 Å². The number of amides is 3. The zero-order valence-corrected chi connectivity index (χ0v) is 16.7. The fourth-order valence-corrected chi connectivity index (χ4v) is 3.45. The lowest BCUT2D eigenvalue weighted by Crippen LogP contribution is -2.41. The van der Waals surface area contributed by atoms with Crippen LogP contribution >= 0.6 is 0 Å². The Hall–Kier alpha value is -3.99. The van der Waals surface area contributed by atoms with Crippen LogP contribution in [0.2, 0.25) is 0 Å². The zero-order chi connectivity index (χ0) is 21.3. The number of benzene rings is 3. The lowest BCUT2D eigenvalue weighted by Gasteiger charge is -2.28. The molecule has 0 aromatic heterocycles. The van der Waals surface area contributed by atoms with E-state index in [1.807, 2.05) is 37.3 Å². The number of hydrogen-bond acceptors (Lipinski definition) is 3.